The van der Waals surface area contributed by atoms with E-state index in [4.69, 9.17) is 5.73 Å². The van der Waals surface area contributed by atoms with Crippen molar-refractivity contribution in [1.82, 2.24) is 5.32 Å². The summed E-state index contributed by atoms with van der Waals surface area (Å²) in [6, 6.07) is 0.0810. The van der Waals surface area contributed by atoms with E-state index in [2.05, 4.69) is 10.3 Å². The second-order valence-electron chi connectivity index (χ2n) is 1.98. The highest BCUT2D eigenvalue weighted by Gasteiger charge is 2.07. The predicted molar refractivity (Wildman–Crippen MR) is 34.0 cm³/mol. The smallest absolute Gasteiger partial charge is 0.113 e. The van der Waals surface area contributed by atoms with Crippen molar-refractivity contribution in [2.45, 2.75) is 13.0 Å². The zero-order chi connectivity index (χ0) is 5.98. The monoisotopic (exact) mass is 113 g/mol. The Balaban J connectivity index is 2.45. The molecule has 0 unspecified atom stereocenters. The van der Waals surface area contributed by atoms with Gasteiger partial charge in [0.05, 0.1) is 12.6 Å². The van der Waals surface area contributed by atoms with Crippen molar-refractivity contribution in [1.29, 1.82) is 0 Å². The molecule has 0 spiro atoms. The van der Waals surface area contributed by atoms with Crippen LogP contribution in [0.25, 0.3) is 0 Å². The average Bonchev–Trinajstić information content (AvgIpc) is 2.12. The maximum Gasteiger partial charge on any atom is 0.113 e. The molecule has 3 heteroatoms. The minimum absolute atomic E-state index is 0.0810. The summed E-state index contributed by atoms with van der Waals surface area (Å²) in [6.45, 7) is 3.77. The van der Waals surface area contributed by atoms with Crippen LogP contribution in [0.5, 0.6) is 0 Å². The molecular weight excluding hydrogens is 102 g/mol. The highest BCUT2D eigenvalue weighted by molar-refractivity contribution is 5.88. The van der Waals surface area contributed by atoms with Gasteiger partial charge >= 0.3 is 0 Å². The molecule has 1 heterocycles. The summed E-state index contributed by atoms with van der Waals surface area (Å²) in [5.74, 6) is 0.949. The molecule has 0 aliphatic carbocycles. The van der Waals surface area contributed by atoms with Crippen LogP contribution in [0.1, 0.15) is 6.92 Å². The molecule has 3 nitrogen and oxygen atoms in total. The van der Waals surface area contributed by atoms with E-state index in [0.29, 0.717) is 0 Å². The van der Waals surface area contributed by atoms with Crippen molar-refractivity contribution in [3.8, 4) is 0 Å². The number of hydrogen-bond acceptors (Lipinski definition) is 3. The largest absolute Gasteiger partial charge is 0.371 e. The predicted octanol–water partition coefficient (Wildman–Crippen LogP) is -0.665. The van der Waals surface area contributed by atoms with E-state index in [1.54, 1.807) is 0 Å². The lowest BCUT2D eigenvalue weighted by molar-refractivity contribution is 0.902. The van der Waals surface area contributed by atoms with E-state index in [1.807, 2.05) is 6.92 Å². The topological polar surface area (TPSA) is 50.4 Å². The highest BCUT2D eigenvalue weighted by atomic mass is 15.1. The molecule has 46 valence electrons. The number of hydrogen-bond donors (Lipinski definition) is 2. The minimum atomic E-state index is 0.0810. The van der Waals surface area contributed by atoms with Crippen LogP contribution in [-0.2, 0) is 0 Å². The first kappa shape index (κ1) is 5.56. The average molecular weight is 113 g/mol. The van der Waals surface area contributed by atoms with Crippen molar-refractivity contribution in [2.75, 3.05) is 13.1 Å². The van der Waals surface area contributed by atoms with Crippen molar-refractivity contribution < 1.29 is 0 Å². The molecular formula is C5H11N3. The second kappa shape index (κ2) is 2.13. The van der Waals surface area contributed by atoms with E-state index in [1.165, 1.54) is 0 Å². The molecule has 1 aliphatic heterocycles. The molecule has 8 heavy (non-hydrogen) atoms. The van der Waals surface area contributed by atoms with E-state index in [0.717, 1.165) is 18.9 Å². The van der Waals surface area contributed by atoms with Crippen LogP contribution in [0, 0.1) is 0 Å². The summed E-state index contributed by atoms with van der Waals surface area (Å²) in [6.07, 6.45) is 0. The lowest BCUT2D eigenvalue weighted by atomic mass is 10.3. The number of nitrogens with two attached hydrogens (primary N) is 1. The summed E-state index contributed by atoms with van der Waals surface area (Å²) >= 11 is 0. The lowest BCUT2D eigenvalue weighted by Gasteiger charge is -2.03. The molecule has 3 N–H and O–H groups in total. The highest BCUT2D eigenvalue weighted by Crippen LogP contribution is 1.87. The van der Waals surface area contributed by atoms with E-state index < -0.39 is 0 Å². The van der Waals surface area contributed by atoms with Gasteiger partial charge in [-0.05, 0) is 6.92 Å². The fraction of sp³-hybridized carbons (Fsp3) is 0.800. The summed E-state index contributed by atoms with van der Waals surface area (Å²) in [4.78, 5) is 4.12. The lowest BCUT2D eigenvalue weighted by Crippen LogP contribution is -2.35. The standard InChI is InChI=1S/C5H11N3/c1-4(6)5-7-2-3-8-5/h4H,2-3,6H2,1H3,(H,7,8)/t4-/m1/s1. The van der Waals surface area contributed by atoms with Gasteiger partial charge in [-0.25, -0.2) is 0 Å². The molecule has 1 atom stereocenters. The molecule has 1 aliphatic rings. The molecule has 0 saturated heterocycles. The Hall–Kier alpha value is -0.570. The number of aliphatic imine (C=N–C) groups is 1. The van der Waals surface area contributed by atoms with Crippen LogP contribution in [0.4, 0.5) is 0 Å². The molecule has 0 bridgehead atoms. The fourth-order valence-electron chi connectivity index (χ4n) is 0.721. The van der Waals surface area contributed by atoms with Crippen molar-refractivity contribution in [3.63, 3.8) is 0 Å². The fourth-order valence-corrected chi connectivity index (χ4v) is 0.721. The summed E-state index contributed by atoms with van der Waals surface area (Å²) in [7, 11) is 0. The molecule has 0 saturated carbocycles. The first-order valence-electron chi connectivity index (χ1n) is 2.84. The van der Waals surface area contributed by atoms with Gasteiger partial charge in [-0.2, -0.15) is 0 Å². The van der Waals surface area contributed by atoms with Crippen LogP contribution >= 0.6 is 0 Å². The third kappa shape index (κ3) is 0.980. The van der Waals surface area contributed by atoms with Crippen LogP contribution in [0.2, 0.25) is 0 Å². The van der Waals surface area contributed by atoms with Crippen LogP contribution in [0.3, 0.4) is 0 Å². The van der Waals surface area contributed by atoms with Crippen LogP contribution in [-0.4, -0.2) is 25.0 Å². The maximum atomic E-state index is 5.50. The minimum Gasteiger partial charge on any atom is -0.371 e. The molecule has 1 rings (SSSR count). The number of rotatable bonds is 1. The molecule has 0 aromatic carbocycles. The van der Waals surface area contributed by atoms with E-state index in [9.17, 15) is 0 Å². The van der Waals surface area contributed by atoms with Crippen LogP contribution in [0.15, 0.2) is 4.99 Å². The molecule has 0 fully saturated rings. The molecule has 0 radical (unpaired) electrons. The van der Waals surface area contributed by atoms with Crippen molar-refractivity contribution >= 4 is 5.84 Å². The van der Waals surface area contributed by atoms with Gasteiger partial charge in [0.15, 0.2) is 0 Å². The number of nitrogens with one attached hydrogen (secondary N) is 1. The van der Waals surface area contributed by atoms with Gasteiger partial charge in [0.1, 0.15) is 5.84 Å². The van der Waals surface area contributed by atoms with Gasteiger partial charge in [0.2, 0.25) is 0 Å². The Labute approximate surface area is 49.0 Å². The number of nitrogens with zero attached hydrogens (tertiary/aromatic N) is 1. The van der Waals surface area contributed by atoms with Crippen LogP contribution < -0.4 is 11.1 Å². The van der Waals surface area contributed by atoms with Gasteiger partial charge in [0, 0.05) is 6.54 Å². The van der Waals surface area contributed by atoms with Crippen molar-refractivity contribution in [3.05, 3.63) is 0 Å². The quantitative estimate of drug-likeness (QED) is 0.474. The van der Waals surface area contributed by atoms with Gasteiger partial charge in [-0.1, -0.05) is 0 Å². The third-order valence-electron chi connectivity index (χ3n) is 1.13. The first-order valence-corrected chi connectivity index (χ1v) is 2.84. The summed E-state index contributed by atoms with van der Waals surface area (Å²) in [5, 5.41) is 3.08. The Morgan fingerprint density at radius 3 is 2.88 bits per heavy atom. The molecule has 0 amide bonds. The van der Waals surface area contributed by atoms with E-state index in [-0.39, 0.29) is 6.04 Å². The van der Waals surface area contributed by atoms with E-state index >= 15 is 0 Å². The maximum absolute atomic E-state index is 5.50. The van der Waals surface area contributed by atoms with Crippen molar-refractivity contribution in [2.24, 2.45) is 10.7 Å². The first-order chi connectivity index (χ1) is 3.80. The Bertz CT molecular complexity index is 106. The normalized spacial score (nSPS) is 22.0. The zero-order valence-electron chi connectivity index (χ0n) is 5.02. The zero-order valence-corrected chi connectivity index (χ0v) is 5.02. The number of amidine groups is 1. The van der Waals surface area contributed by atoms with Gasteiger partial charge in [0.25, 0.3) is 0 Å². The summed E-state index contributed by atoms with van der Waals surface area (Å²) < 4.78 is 0. The Kier molecular flexibility index (Phi) is 1.48. The Morgan fingerprint density at radius 1 is 1.88 bits per heavy atom. The van der Waals surface area contributed by atoms with Gasteiger partial charge < -0.3 is 11.1 Å². The summed E-state index contributed by atoms with van der Waals surface area (Å²) in [5.41, 5.74) is 5.50. The SMILES string of the molecule is C[C@@H](N)C1=NCCN1. The third-order valence-corrected chi connectivity index (χ3v) is 1.13. The molecule has 0 aromatic rings. The second-order valence-corrected chi connectivity index (χ2v) is 1.98. The molecule has 0 aromatic heterocycles. The van der Waals surface area contributed by atoms with Gasteiger partial charge in [-0.15, -0.1) is 0 Å². The van der Waals surface area contributed by atoms with Gasteiger partial charge in [-0.3, -0.25) is 4.99 Å². The Morgan fingerprint density at radius 2 is 2.62 bits per heavy atom.